The van der Waals surface area contributed by atoms with Crippen LogP contribution in [-0.4, -0.2) is 19.6 Å². The van der Waals surface area contributed by atoms with Gasteiger partial charge in [-0.05, 0) is 25.1 Å². The van der Waals surface area contributed by atoms with Crippen molar-refractivity contribution < 1.29 is 8.76 Å². The first-order chi connectivity index (χ1) is 7.65. The van der Waals surface area contributed by atoms with Crippen molar-refractivity contribution in [1.82, 2.24) is 4.98 Å². The van der Waals surface area contributed by atoms with E-state index in [0.717, 1.165) is 15.2 Å². The molecule has 0 saturated carbocycles. The number of rotatable bonds is 3. The van der Waals surface area contributed by atoms with E-state index >= 15 is 0 Å². The molecule has 2 rings (SSSR count). The van der Waals surface area contributed by atoms with Crippen LogP contribution in [0.5, 0.6) is 0 Å². The minimum Gasteiger partial charge on any atom is -0.305 e. The molecule has 1 aromatic heterocycles. The molecule has 1 unspecified atom stereocenters. The zero-order valence-electron chi connectivity index (χ0n) is 8.45. The lowest BCUT2D eigenvalue weighted by Gasteiger charge is -1.91. The van der Waals surface area contributed by atoms with Crippen molar-refractivity contribution in [1.29, 1.82) is 0 Å². The lowest BCUT2D eigenvalue weighted by atomic mass is 10.3. The van der Waals surface area contributed by atoms with E-state index in [2.05, 4.69) is 15.2 Å². The standard InChI is InChI=1S/C9H9N3O2S2/c1-6-11-8-4-7(2-3-9(8)15-6)12-10-5-16(13)14/h2-4H,5H2,1H3,(H,13,14). The second-order valence-corrected chi connectivity index (χ2v) is 5.21. The third-order valence-corrected chi connectivity index (χ3v) is 3.12. The largest absolute Gasteiger partial charge is 0.305 e. The molecule has 1 atom stereocenters. The van der Waals surface area contributed by atoms with Crippen LogP contribution in [0.2, 0.25) is 0 Å². The number of benzene rings is 1. The summed E-state index contributed by atoms with van der Waals surface area (Å²) >= 11 is -0.319. The molecule has 1 heterocycles. The highest BCUT2D eigenvalue weighted by Gasteiger charge is 2.00. The summed E-state index contributed by atoms with van der Waals surface area (Å²) in [6.07, 6.45) is 0. The van der Waals surface area contributed by atoms with Gasteiger partial charge in [0.25, 0.3) is 0 Å². The van der Waals surface area contributed by atoms with Gasteiger partial charge in [0.1, 0.15) is 0 Å². The van der Waals surface area contributed by atoms with E-state index in [1.165, 1.54) is 0 Å². The number of azo groups is 1. The van der Waals surface area contributed by atoms with Crippen LogP contribution in [0.25, 0.3) is 10.2 Å². The molecule has 0 saturated heterocycles. The fraction of sp³-hybridized carbons (Fsp3) is 0.222. The van der Waals surface area contributed by atoms with Gasteiger partial charge in [-0.3, -0.25) is 0 Å². The number of hydrogen-bond acceptors (Lipinski definition) is 5. The van der Waals surface area contributed by atoms with Crippen molar-refractivity contribution in [2.75, 3.05) is 5.88 Å². The highest BCUT2D eigenvalue weighted by atomic mass is 32.2. The van der Waals surface area contributed by atoms with Gasteiger partial charge in [-0.1, -0.05) is 0 Å². The van der Waals surface area contributed by atoms with Gasteiger partial charge in [0.05, 0.1) is 20.9 Å². The molecule has 2 aromatic rings. The average Bonchev–Trinajstić information content (AvgIpc) is 2.56. The summed E-state index contributed by atoms with van der Waals surface area (Å²) in [6, 6.07) is 5.54. The Morgan fingerprint density at radius 3 is 3.12 bits per heavy atom. The average molecular weight is 255 g/mol. The molecule has 1 aromatic carbocycles. The molecule has 0 spiro atoms. The Balaban J connectivity index is 2.25. The minimum atomic E-state index is -1.94. The Bertz CT molecular complexity index is 565. The van der Waals surface area contributed by atoms with Crippen LogP contribution in [0.3, 0.4) is 0 Å². The van der Waals surface area contributed by atoms with Crippen molar-refractivity contribution >= 4 is 38.3 Å². The quantitative estimate of drug-likeness (QED) is 0.676. The molecular weight excluding hydrogens is 246 g/mol. The summed E-state index contributed by atoms with van der Waals surface area (Å²) < 4.78 is 20.0. The third-order valence-electron chi connectivity index (χ3n) is 1.83. The van der Waals surface area contributed by atoms with Crippen molar-refractivity contribution in [3.05, 3.63) is 23.2 Å². The fourth-order valence-corrected chi connectivity index (χ4v) is 2.22. The lowest BCUT2D eigenvalue weighted by Crippen LogP contribution is -1.88. The molecule has 0 aliphatic carbocycles. The second kappa shape index (κ2) is 4.77. The zero-order chi connectivity index (χ0) is 11.5. The minimum absolute atomic E-state index is 0.200. The molecule has 0 bridgehead atoms. The van der Waals surface area contributed by atoms with E-state index in [1.807, 2.05) is 25.1 Å². The van der Waals surface area contributed by atoms with Crippen molar-refractivity contribution in [2.45, 2.75) is 6.92 Å². The number of fused-ring (bicyclic) bond motifs is 1. The number of thiazole rings is 1. The van der Waals surface area contributed by atoms with Gasteiger partial charge in [0, 0.05) is 0 Å². The summed E-state index contributed by atoms with van der Waals surface area (Å²) in [5, 5.41) is 8.45. The first kappa shape index (κ1) is 11.3. The molecule has 84 valence electrons. The SMILES string of the molecule is Cc1nc2cc(N=NCS(=O)O)ccc2s1. The molecule has 0 amide bonds. The molecule has 1 N–H and O–H groups in total. The van der Waals surface area contributed by atoms with Gasteiger partial charge in [0.2, 0.25) is 0 Å². The topological polar surface area (TPSA) is 74.9 Å². The van der Waals surface area contributed by atoms with E-state index in [0.29, 0.717) is 5.69 Å². The molecular formula is C9H9N3O2S2. The molecule has 0 aliphatic rings. The van der Waals surface area contributed by atoms with Gasteiger partial charge >= 0.3 is 0 Å². The van der Waals surface area contributed by atoms with E-state index in [4.69, 9.17) is 4.55 Å². The monoisotopic (exact) mass is 255 g/mol. The smallest absolute Gasteiger partial charge is 0.177 e. The van der Waals surface area contributed by atoms with Gasteiger partial charge in [-0.15, -0.1) is 11.3 Å². The first-order valence-corrected chi connectivity index (χ1v) is 6.56. The highest BCUT2D eigenvalue weighted by molar-refractivity contribution is 7.79. The summed E-state index contributed by atoms with van der Waals surface area (Å²) in [5.74, 6) is -0.200. The number of aryl methyl sites for hydroxylation is 1. The molecule has 0 fully saturated rings. The van der Waals surface area contributed by atoms with Crippen molar-refractivity contribution in [2.24, 2.45) is 10.2 Å². The third kappa shape index (κ3) is 2.69. The molecule has 7 heteroatoms. The highest BCUT2D eigenvalue weighted by Crippen LogP contribution is 2.25. The van der Waals surface area contributed by atoms with Gasteiger partial charge in [-0.2, -0.15) is 10.2 Å². The van der Waals surface area contributed by atoms with Crippen LogP contribution in [0, 0.1) is 6.92 Å². The van der Waals surface area contributed by atoms with E-state index < -0.39 is 11.1 Å². The fourth-order valence-electron chi connectivity index (χ4n) is 1.25. The Morgan fingerprint density at radius 2 is 2.38 bits per heavy atom. The maximum absolute atomic E-state index is 10.4. The van der Waals surface area contributed by atoms with Gasteiger partial charge < -0.3 is 4.55 Å². The second-order valence-electron chi connectivity index (χ2n) is 3.08. The van der Waals surface area contributed by atoms with Crippen LogP contribution in [0.1, 0.15) is 5.01 Å². The van der Waals surface area contributed by atoms with Crippen LogP contribution in [0.15, 0.2) is 28.4 Å². The van der Waals surface area contributed by atoms with Gasteiger partial charge in [-0.25, -0.2) is 9.19 Å². The first-order valence-electron chi connectivity index (χ1n) is 4.47. The predicted molar refractivity (Wildman–Crippen MR) is 64.5 cm³/mol. The van der Waals surface area contributed by atoms with Crippen molar-refractivity contribution in [3.63, 3.8) is 0 Å². The Hall–Kier alpha value is -1.18. The predicted octanol–water partition coefficient (Wildman–Crippen LogP) is 2.87. The van der Waals surface area contributed by atoms with E-state index in [-0.39, 0.29) is 5.88 Å². The van der Waals surface area contributed by atoms with Crippen molar-refractivity contribution in [3.8, 4) is 0 Å². The van der Waals surface area contributed by atoms with Gasteiger partial charge in [0.15, 0.2) is 17.0 Å². The molecule has 0 radical (unpaired) electrons. The molecule has 16 heavy (non-hydrogen) atoms. The summed E-state index contributed by atoms with van der Waals surface area (Å²) in [5.41, 5.74) is 1.52. The summed E-state index contributed by atoms with van der Waals surface area (Å²) in [4.78, 5) is 4.32. The summed E-state index contributed by atoms with van der Waals surface area (Å²) in [6.45, 7) is 1.95. The van der Waals surface area contributed by atoms with E-state index in [9.17, 15) is 4.21 Å². The Kier molecular flexibility index (Phi) is 3.37. The van der Waals surface area contributed by atoms with Crippen LogP contribution < -0.4 is 0 Å². The molecule has 5 nitrogen and oxygen atoms in total. The van der Waals surface area contributed by atoms with E-state index in [1.54, 1.807) is 11.3 Å². The number of aromatic nitrogens is 1. The normalized spacial score (nSPS) is 13.6. The Morgan fingerprint density at radius 1 is 1.56 bits per heavy atom. The number of hydrogen-bond donors (Lipinski definition) is 1. The Labute approximate surface area is 98.5 Å². The maximum atomic E-state index is 10.4. The maximum Gasteiger partial charge on any atom is 0.177 e. The van der Waals surface area contributed by atoms with Crippen LogP contribution >= 0.6 is 11.3 Å². The molecule has 0 aliphatic heterocycles. The summed E-state index contributed by atoms with van der Waals surface area (Å²) in [7, 11) is 0. The van der Waals surface area contributed by atoms with Crippen LogP contribution in [-0.2, 0) is 11.1 Å². The van der Waals surface area contributed by atoms with Crippen LogP contribution in [0.4, 0.5) is 5.69 Å². The number of nitrogens with zero attached hydrogens (tertiary/aromatic N) is 3. The zero-order valence-corrected chi connectivity index (χ0v) is 10.1. The lowest BCUT2D eigenvalue weighted by molar-refractivity contribution is 0.564.